The smallest absolute Gasteiger partial charge is 0.284 e. The molecule has 7 nitrogen and oxygen atoms in total. The highest BCUT2D eigenvalue weighted by atomic mass is 35.5. The maximum Gasteiger partial charge on any atom is 0.284 e. The number of carbonyl (C=O) groups is 1. The maximum atomic E-state index is 13.1. The molecule has 0 aromatic heterocycles. The Balaban J connectivity index is 1.57. The Kier molecular flexibility index (Phi) is 8.81. The van der Waals surface area contributed by atoms with Gasteiger partial charge in [0.1, 0.15) is 6.61 Å². The Morgan fingerprint density at radius 3 is 2.42 bits per heavy atom. The minimum atomic E-state index is -3.98. The van der Waals surface area contributed by atoms with Gasteiger partial charge in [-0.05, 0) is 72.6 Å². The molecule has 10 heteroatoms. The topological polar surface area (TPSA) is 85.3 Å². The number of aryl methyl sites for hydroxylation is 1. The van der Waals surface area contributed by atoms with Gasteiger partial charge in [-0.2, -0.15) is 8.42 Å². The van der Waals surface area contributed by atoms with Gasteiger partial charge in [-0.25, -0.2) is 0 Å². The molecule has 3 aromatic carbocycles. The third-order valence-corrected chi connectivity index (χ3v) is 8.63. The summed E-state index contributed by atoms with van der Waals surface area (Å²) in [5.74, 6) is 0.699. The molecule has 0 atom stereocenters. The maximum absolute atomic E-state index is 13.1. The van der Waals surface area contributed by atoms with Crippen molar-refractivity contribution in [1.82, 2.24) is 4.90 Å². The van der Waals surface area contributed by atoms with Crippen LogP contribution in [0.25, 0.3) is 6.08 Å². The van der Waals surface area contributed by atoms with E-state index in [1.165, 1.54) is 24.1 Å². The van der Waals surface area contributed by atoms with Crippen molar-refractivity contribution in [2.24, 2.45) is 4.40 Å². The fraction of sp³-hybridized carbons (Fsp3) is 0.214. The van der Waals surface area contributed by atoms with Crippen molar-refractivity contribution < 1.29 is 22.7 Å². The number of rotatable bonds is 9. The lowest BCUT2D eigenvalue weighted by atomic mass is 10.1. The molecule has 0 radical (unpaired) electrons. The Morgan fingerprint density at radius 1 is 1.03 bits per heavy atom. The van der Waals surface area contributed by atoms with Crippen molar-refractivity contribution in [3.63, 3.8) is 0 Å². The first kappa shape index (κ1) is 27.8. The molecule has 1 amide bonds. The van der Waals surface area contributed by atoms with E-state index in [9.17, 15) is 13.2 Å². The molecule has 1 heterocycles. The zero-order valence-corrected chi connectivity index (χ0v) is 23.6. The monoisotopic (exact) mass is 570 g/mol. The molecule has 0 spiro atoms. The molecule has 1 aliphatic heterocycles. The van der Waals surface area contributed by atoms with E-state index in [4.69, 9.17) is 21.1 Å². The average Bonchev–Trinajstić information content (AvgIpc) is 3.21. The summed E-state index contributed by atoms with van der Waals surface area (Å²) in [6.07, 6.45) is 2.48. The molecule has 0 bridgehead atoms. The van der Waals surface area contributed by atoms with Gasteiger partial charge in [-0.1, -0.05) is 54.9 Å². The number of thioether (sulfide) groups is 1. The molecule has 0 saturated carbocycles. The highest BCUT2D eigenvalue weighted by molar-refractivity contribution is 8.19. The first-order valence-corrected chi connectivity index (χ1v) is 14.6. The molecule has 4 rings (SSSR count). The van der Waals surface area contributed by atoms with Gasteiger partial charge in [0.05, 0.1) is 16.9 Å². The van der Waals surface area contributed by atoms with Crippen LogP contribution in [-0.2, 0) is 27.8 Å². The van der Waals surface area contributed by atoms with Gasteiger partial charge in [0.15, 0.2) is 16.7 Å². The molecular weight excluding hydrogens is 544 g/mol. The van der Waals surface area contributed by atoms with Crippen LogP contribution in [0.4, 0.5) is 0 Å². The van der Waals surface area contributed by atoms with Gasteiger partial charge >= 0.3 is 0 Å². The second-order valence-corrected chi connectivity index (χ2v) is 11.3. The van der Waals surface area contributed by atoms with Crippen LogP contribution in [0, 0.1) is 0 Å². The predicted octanol–water partition coefficient (Wildman–Crippen LogP) is 6.17. The molecule has 0 aliphatic carbocycles. The number of sulfonamides is 1. The largest absolute Gasteiger partial charge is 0.493 e. The first-order valence-electron chi connectivity index (χ1n) is 11.9. The molecule has 1 fully saturated rings. The molecule has 1 saturated heterocycles. The number of hydrogen-bond donors (Lipinski definition) is 0. The average molecular weight is 571 g/mol. The number of halogens is 1. The Morgan fingerprint density at radius 2 is 1.76 bits per heavy atom. The number of methoxy groups -OCH3 is 1. The Bertz CT molecular complexity index is 1500. The third kappa shape index (κ3) is 6.23. The van der Waals surface area contributed by atoms with E-state index < -0.39 is 10.0 Å². The second-order valence-electron chi connectivity index (χ2n) is 8.30. The summed E-state index contributed by atoms with van der Waals surface area (Å²) in [7, 11) is -2.45. The van der Waals surface area contributed by atoms with Crippen molar-refractivity contribution in [3.8, 4) is 11.5 Å². The SMILES string of the molecule is CCc1ccc(S(=O)(=O)/N=C2/S/C(=C\c3ccc(OCc4ccccc4Cl)c(OC)c3)C(=O)N2CC)cc1. The van der Waals surface area contributed by atoms with Crippen LogP contribution in [-0.4, -0.2) is 38.0 Å². The molecule has 0 N–H and O–H groups in total. The Hall–Kier alpha value is -3.27. The van der Waals surface area contributed by atoms with Crippen LogP contribution in [0.3, 0.4) is 0 Å². The van der Waals surface area contributed by atoms with Gasteiger partial charge < -0.3 is 9.47 Å². The predicted molar refractivity (Wildman–Crippen MR) is 152 cm³/mol. The summed E-state index contributed by atoms with van der Waals surface area (Å²) >= 11 is 7.24. The summed E-state index contributed by atoms with van der Waals surface area (Å²) in [5.41, 5.74) is 2.56. The number of carbonyl (C=O) groups excluding carboxylic acids is 1. The van der Waals surface area contributed by atoms with E-state index in [0.29, 0.717) is 27.0 Å². The normalized spacial score (nSPS) is 15.9. The van der Waals surface area contributed by atoms with E-state index in [1.54, 1.807) is 49.4 Å². The minimum Gasteiger partial charge on any atom is -0.493 e. The molecule has 3 aromatic rings. The van der Waals surface area contributed by atoms with Gasteiger partial charge in [0.2, 0.25) is 0 Å². The summed E-state index contributed by atoms with van der Waals surface area (Å²) < 4.78 is 41.3. The number of nitrogens with zero attached hydrogens (tertiary/aromatic N) is 2. The first-order chi connectivity index (χ1) is 18.2. The van der Waals surface area contributed by atoms with Crippen LogP contribution in [0.15, 0.2) is 80.9 Å². The lowest BCUT2D eigenvalue weighted by Crippen LogP contribution is -2.29. The van der Waals surface area contributed by atoms with Gasteiger partial charge in [0, 0.05) is 17.1 Å². The van der Waals surface area contributed by atoms with Crippen molar-refractivity contribution in [2.75, 3.05) is 13.7 Å². The number of hydrogen-bond acceptors (Lipinski definition) is 6. The van der Waals surface area contributed by atoms with Gasteiger partial charge in [0.25, 0.3) is 15.9 Å². The number of amides is 1. The zero-order valence-electron chi connectivity index (χ0n) is 21.2. The fourth-order valence-corrected chi connectivity index (χ4v) is 6.16. The summed E-state index contributed by atoms with van der Waals surface area (Å²) in [6, 6.07) is 19.3. The molecular formula is C28H27ClN2O5S2. The van der Waals surface area contributed by atoms with Crippen molar-refractivity contribution in [2.45, 2.75) is 31.8 Å². The van der Waals surface area contributed by atoms with E-state index in [1.807, 2.05) is 25.1 Å². The van der Waals surface area contributed by atoms with E-state index >= 15 is 0 Å². The molecule has 38 heavy (non-hydrogen) atoms. The standard InChI is InChI=1S/C28H27ClN2O5S2/c1-4-19-10-13-22(14-11-19)38(33,34)30-28-31(5-2)27(32)26(37-28)17-20-12-15-24(25(16-20)35-3)36-18-21-8-6-7-9-23(21)29/h6-17H,4-5,18H2,1-3H3/b26-17-,30-28+. The van der Waals surface area contributed by atoms with Crippen LogP contribution < -0.4 is 9.47 Å². The number of likely N-dealkylation sites (N-methyl/N-ethyl adjacent to an activating group) is 1. The highest BCUT2D eigenvalue weighted by Crippen LogP contribution is 2.36. The van der Waals surface area contributed by atoms with Crippen LogP contribution in [0.2, 0.25) is 5.02 Å². The lowest BCUT2D eigenvalue weighted by molar-refractivity contribution is -0.122. The molecule has 0 unspecified atom stereocenters. The van der Waals surface area contributed by atoms with E-state index in [-0.39, 0.29) is 29.1 Å². The quantitative estimate of drug-likeness (QED) is 0.286. The van der Waals surface area contributed by atoms with Gasteiger partial charge in [-0.3, -0.25) is 9.69 Å². The number of ether oxygens (including phenoxy) is 2. The van der Waals surface area contributed by atoms with Gasteiger partial charge in [-0.15, -0.1) is 4.40 Å². The van der Waals surface area contributed by atoms with E-state index in [0.717, 1.165) is 29.3 Å². The summed E-state index contributed by atoms with van der Waals surface area (Å²) in [4.78, 5) is 14.9. The zero-order chi connectivity index (χ0) is 27.3. The van der Waals surface area contributed by atoms with E-state index in [2.05, 4.69) is 4.40 Å². The fourth-order valence-electron chi connectivity index (χ4n) is 3.72. The second kappa shape index (κ2) is 12.1. The highest BCUT2D eigenvalue weighted by Gasteiger charge is 2.34. The Labute approximate surface area is 232 Å². The van der Waals surface area contributed by atoms with Crippen LogP contribution in [0.1, 0.15) is 30.5 Å². The molecule has 1 aliphatic rings. The van der Waals surface area contributed by atoms with Crippen molar-refractivity contribution >= 4 is 50.5 Å². The van der Waals surface area contributed by atoms with Crippen molar-refractivity contribution in [1.29, 1.82) is 0 Å². The summed E-state index contributed by atoms with van der Waals surface area (Å²) in [5, 5.41) is 0.734. The van der Waals surface area contributed by atoms with Crippen molar-refractivity contribution in [3.05, 3.63) is 93.3 Å². The minimum absolute atomic E-state index is 0.0841. The third-order valence-electron chi connectivity index (χ3n) is 5.86. The lowest BCUT2D eigenvalue weighted by Gasteiger charge is -2.12. The molecule has 198 valence electrons. The van der Waals surface area contributed by atoms with Crippen LogP contribution >= 0.6 is 23.4 Å². The summed E-state index contributed by atoms with van der Waals surface area (Å²) in [6.45, 7) is 4.32. The number of benzene rings is 3. The van der Waals surface area contributed by atoms with Crippen LogP contribution in [0.5, 0.6) is 11.5 Å². The number of amidine groups is 1.